The molecule has 1 saturated carbocycles. The lowest BCUT2D eigenvalue weighted by Gasteiger charge is -2.37. The molecule has 2 unspecified atom stereocenters. The first kappa shape index (κ1) is 18.4. The van der Waals surface area contributed by atoms with Gasteiger partial charge in [-0.15, -0.1) is 0 Å². The largest absolute Gasteiger partial charge is 0.353 e. The SMILES string of the molecule is CC(=O)NC(Cc1ccc(F)cc1)C(=O)N1CCNC(=O)C1CC1CC1. The number of carbonyl (C=O) groups excluding carboxylic acids is 3. The van der Waals surface area contributed by atoms with Crippen LogP contribution in [0.2, 0.25) is 0 Å². The Balaban J connectivity index is 1.76. The van der Waals surface area contributed by atoms with Crippen molar-refractivity contribution in [3.63, 3.8) is 0 Å². The van der Waals surface area contributed by atoms with Crippen molar-refractivity contribution >= 4 is 17.7 Å². The van der Waals surface area contributed by atoms with E-state index >= 15 is 0 Å². The van der Waals surface area contributed by atoms with Gasteiger partial charge in [-0.05, 0) is 30.0 Å². The van der Waals surface area contributed by atoms with Gasteiger partial charge in [0.2, 0.25) is 17.7 Å². The fraction of sp³-hybridized carbons (Fsp3) is 0.526. The number of nitrogens with zero attached hydrogens (tertiary/aromatic N) is 1. The molecule has 0 spiro atoms. The van der Waals surface area contributed by atoms with Gasteiger partial charge in [-0.25, -0.2) is 4.39 Å². The minimum Gasteiger partial charge on any atom is -0.353 e. The first-order valence-corrected chi connectivity index (χ1v) is 9.04. The number of hydrogen-bond acceptors (Lipinski definition) is 3. The van der Waals surface area contributed by atoms with E-state index in [4.69, 9.17) is 0 Å². The Labute approximate surface area is 152 Å². The van der Waals surface area contributed by atoms with Gasteiger partial charge in [-0.3, -0.25) is 14.4 Å². The van der Waals surface area contributed by atoms with Gasteiger partial charge in [0.05, 0.1) is 0 Å². The molecule has 3 rings (SSSR count). The van der Waals surface area contributed by atoms with Gasteiger partial charge in [0.1, 0.15) is 17.9 Å². The smallest absolute Gasteiger partial charge is 0.246 e. The van der Waals surface area contributed by atoms with Crippen LogP contribution in [-0.4, -0.2) is 47.8 Å². The molecule has 0 aromatic heterocycles. The number of rotatable bonds is 6. The lowest BCUT2D eigenvalue weighted by molar-refractivity contribution is -0.146. The predicted molar refractivity (Wildman–Crippen MR) is 93.6 cm³/mol. The summed E-state index contributed by atoms with van der Waals surface area (Å²) in [5.41, 5.74) is 0.749. The summed E-state index contributed by atoms with van der Waals surface area (Å²) in [7, 11) is 0. The Hall–Kier alpha value is -2.44. The third-order valence-corrected chi connectivity index (χ3v) is 4.90. The molecule has 7 heteroatoms. The molecule has 140 valence electrons. The van der Waals surface area contributed by atoms with Crippen molar-refractivity contribution in [2.75, 3.05) is 13.1 Å². The van der Waals surface area contributed by atoms with Crippen LogP contribution in [0.15, 0.2) is 24.3 Å². The molecule has 2 aliphatic rings. The summed E-state index contributed by atoms with van der Waals surface area (Å²) in [6.45, 7) is 2.20. The molecule has 1 aliphatic heterocycles. The van der Waals surface area contributed by atoms with Gasteiger partial charge in [0, 0.05) is 26.4 Å². The molecule has 1 aromatic carbocycles. The standard InChI is InChI=1S/C19H24FN3O3/c1-12(24)22-16(10-13-4-6-15(20)7-5-13)19(26)23-9-8-21-18(25)17(23)11-14-2-3-14/h4-7,14,16-17H,2-3,8-11H2,1H3,(H,21,25)(H,22,24). The van der Waals surface area contributed by atoms with Crippen LogP contribution in [-0.2, 0) is 20.8 Å². The highest BCUT2D eigenvalue weighted by Gasteiger charge is 2.39. The topological polar surface area (TPSA) is 78.5 Å². The summed E-state index contributed by atoms with van der Waals surface area (Å²) in [6.07, 6.45) is 3.11. The number of halogens is 1. The molecular weight excluding hydrogens is 337 g/mol. The van der Waals surface area contributed by atoms with E-state index in [9.17, 15) is 18.8 Å². The van der Waals surface area contributed by atoms with Crippen molar-refractivity contribution in [1.29, 1.82) is 0 Å². The Morgan fingerprint density at radius 2 is 2.00 bits per heavy atom. The number of benzene rings is 1. The molecule has 1 heterocycles. The van der Waals surface area contributed by atoms with Crippen molar-refractivity contribution < 1.29 is 18.8 Å². The molecule has 1 aromatic rings. The highest BCUT2D eigenvalue weighted by atomic mass is 19.1. The lowest BCUT2D eigenvalue weighted by atomic mass is 10.0. The maximum Gasteiger partial charge on any atom is 0.246 e. The Bertz CT molecular complexity index is 688. The summed E-state index contributed by atoms with van der Waals surface area (Å²) < 4.78 is 13.1. The van der Waals surface area contributed by atoms with Gasteiger partial charge in [0.25, 0.3) is 0 Å². The fourth-order valence-corrected chi connectivity index (χ4v) is 3.38. The summed E-state index contributed by atoms with van der Waals surface area (Å²) in [5, 5.41) is 5.51. The molecule has 3 amide bonds. The van der Waals surface area contributed by atoms with Crippen LogP contribution in [0.5, 0.6) is 0 Å². The van der Waals surface area contributed by atoms with E-state index in [-0.39, 0.29) is 30.0 Å². The van der Waals surface area contributed by atoms with Gasteiger partial charge in [-0.1, -0.05) is 25.0 Å². The van der Waals surface area contributed by atoms with E-state index in [2.05, 4.69) is 10.6 Å². The molecule has 1 saturated heterocycles. The second kappa shape index (κ2) is 7.85. The van der Waals surface area contributed by atoms with Crippen molar-refractivity contribution in [3.8, 4) is 0 Å². The Kier molecular flexibility index (Phi) is 5.54. The highest BCUT2D eigenvalue weighted by Crippen LogP contribution is 2.35. The zero-order valence-corrected chi connectivity index (χ0v) is 14.8. The molecule has 26 heavy (non-hydrogen) atoms. The second-order valence-corrected chi connectivity index (χ2v) is 7.10. The van der Waals surface area contributed by atoms with E-state index < -0.39 is 12.1 Å². The van der Waals surface area contributed by atoms with Crippen LogP contribution in [0.3, 0.4) is 0 Å². The minimum atomic E-state index is -0.773. The first-order chi connectivity index (χ1) is 12.4. The van der Waals surface area contributed by atoms with Crippen molar-refractivity contribution in [3.05, 3.63) is 35.6 Å². The summed E-state index contributed by atoms with van der Waals surface area (Å²) in [4.78, 5) is 38.6. The van der Waals surface area contributed by atoms with Gasteiger partial charge >= 0.3 is 0 Å². The minimum absolute atomic E-state index is 0.125. The third-order valence-electron chi connectivity index (χ3n) is 4.90. The van der Waals surface area contributed by atoms with Crippen LogP contribution in [0.25, 0.3) is 0 Å². The van der Waals surface area contributed by atoms with Gasteiger partial charge in [-0.2, -0.15) is 0 Å². The molecule has 2 N–H and O–H groups in total. The van der Waals surface area contributed by atoms with E-state index in [1.54, 1.807) is 17.0 Å². The van der Waals surface area contributed by atoms with Crippen LogP contribution >= 0.6 is 0 Å². The summed E-state index contributed by atoms with van der Waals surface area (Å²) in [6, 6.07) is 4.60. The van der Waals surface area contributed by atoms with Crippen LogP contribution in [0.1, 0.15) is 31.7 Å². The van der Waals surface area contributed by atoms with E-state index in [1.807, 2.05) is 0 Å². The number of amides is 3. The third kappa shape index (κ3) is 4.59. The number of piperazine rings is 1. The molecule has 0 radical (unpaired) electrons. The zero-order valence-electron chi connectivity index (χ0n) is 14.8. The maximum atomic E-state index is 13.1. The monoisotopic (exact) mass is 361 g/mol. The Morgan fingerprint density at radius 3 is 2.62 bits per heavy atom. The van der Waals surface area contributed by atoms with Crippen molar-refractivity contribution in [2.24, 2.45) is 5.92 Å². The van der Waals surface area contributed by atoms with Crippen molar-refractivity contribution in [2.45, 2.75) is 44.7 Å². The Morgan fingerprint density at radius 1 is 1.31 bits per heavy atom. The van der Waals surface area contributed by atoms with Crippen LogP contribution in [0, 0.1) is 11.7 Å². The molecule has 1 aliphatic carbocycles. The number of hydrogen-bond donors (Lipinski definition) is 2. The number of carbonyl (C=O) groups is 3. The first-order valence-electron chi connectivity index (χ1n) is 9.04. The predicted octanol–water partition coefficient (Wildman–Crippen LogP) is 1.000. The highest BCUT2D eigenvalue weighted by molar-refractivity contribution is 5.92. The average molecular weight is 361 g/mol. The lowest BCUT2D eigenvalue weighted by Crippen LogP contribution is -2.61. The van der Waals surface area contributed by atoms with Crippen LogP contribution < -0.4 is 10.6 Å². The maximum absolute atomic E-state index is 13.1. The summed E-state index contributed by atoms with van der Waals surface area (Å²) in [5.74, 6) is -0.556. The molecule has 2 atom stereocenters. The normalized spacial score (nSPS) is 21.1. The van der Waals surface area contributed by atoms with E-state index in [0.29, 0.717) is 25.4 Å². The second-order valence-electron chi connectivity index (χ2n) is 7.10. The molecule has 2 fully saturated rings. The molecular formula is C19H24FN3O3. The van der Waals surface area contributed by atoms with Gasteiger partial charge in [0.15, 0.2) is 0 Å². The van der Waals surface area contributed by atoms with Crippen molar-refractivity contribution in [1.82, 2.24) is 15.5 Å². The molecule has 0 bridgehead atoms. The zero-order chi connectivity index (χ0) is 18.7. The fourth-order valence-electron chi connectivity index (χ4n) is 3.38. The van der Waals surface area contributed by atoms with Gasteiger partial charge < -0.3 is 15.5 Å². The van der Waals surface area contributed by atoms with E-state index in [1.165, 1.54) is 19.1 Å². The quantitative estimate of drug-likeness (QED) is 0.793. The number of nitrogens with one attached hydrogen (secondary N) is 2. The molecule has 6 nitrogen and oxygen atoms in total. The van der Waals surface area contributed by atoms with Crippen LogP contribution in [0.4, 0.5) is 4.39 Å². The average Bonchev–Trinajstić information content (AvgIpc) is 3.41. The van der Waals surface area contributed by atoms with E-state index in [0.717, 1.165) is 18.4 Å². The summed E-state index contributed by atoms with van der Waals surface area (Å²) >= 11 is 0.